The number of nitrogens with zero attached hydrogens (tertiary/aromatic N) is 2. The van der Waals surface area contributed by atoms with Crippen molar-refractivity contribution in [1.29, 1.82) is 0 Å². The molecule has 0 unspecified atom stereocenters. The number of carbonyl (C=O) groups excluding carboxylic acids is 2. The maximum absolute atomic E-state index is 12.4. The Kier molecular flexibility index (Phi) is 7.25. The first-order valence-electron chi connectivity index (χ1n) is 9.65. The van der Waals surface area contributed by atoms with E-state index in [1.165, 1.54) is 7.11 Å². The highest BCUT2D eigenvalue weighted by atomic mass is 32.2. The topological polar surface area (TPSA) is 93.2 Å². The van der Waals surface area contributed by atoms with E-state index in [-0.39, 0.29) is 0 Å². The van der Waals surface area contributed by atoms with E-state index < -0.39 is 11.8 Å². The van der Waals surface area contributed by atoms with Gasteiger partial charge >= 0.3 is 0 Å². The molecule has 0 saturated heterocycles. The van der Waals surface area contributed by atoms with Crippen molar-refractivity contribution in [3.63, 3.8) is 0 Å². The molecule has 160 valence electrons. The Morgan fingerprint density at radius 3 is 2.19 bits per heavy atom. The van der Waals surface area contributed by atoms with Crippen LogP contribution in [0.15, 0.2) is 53.7 Å². The van der Waals surface area contributed by atoms with Crippen LogP contribution in [-0.4, -0.2) is 28.9 Å². The number of methoxy groups -OCH3 is 1. The number of nitrogens with one attached hydrogen (secondary N) is 2. The van der Waals surface area contributed by atoms with Crippen molar-refractivity contribution in [2.24, 2.45) is 0 Å². The zero-order chi connectivity index (χ0) is 22.4. The highest BCUT2D eigenvalue weighted by molar-refractivity contribution is 7.98. The molecule has 3 rings (SSSR count). The number of aromatic nitrogens is 2. The summed E-state index contributed by atoms with van der Waals surface area (Å²) < 4.78 is 5.21. The molecule has 2 aromatic carbocycles. The lowest BCUT2D eigenvalue weighted by atomic mass is 10.1. The second-order valence-electron chi connectivity index (χ2n) is 7.03. The number of amides is 2. The summed E-state index contributed by atoms with van der Waals surface area (Å²) in [6.07, 6.45) is 0. The lowest BCUT2D eigenvalue weighted by Gasteiger charge is -2.11. The Morgan fingerprint density at radius 1 is 0.903 bits per heavy atom. The summed E-state index contributed by atoms with van der Waals surface area (Å²) in [7, 11) is 1.49. The van der Waals surface area contributed by atoms with Gasteiger partial charge in [0.1, 0.15) is 5.75 Å². The van der Waals surface area contributed by atoms with Crippen LogP contribution in [0.25, 0.3) is 0 Å². The molecule has 0 spiro atoms. The van der Waals surface area contributed by atoms with Gasteiger partial charge in [-0.05, 0) is 56.7 Å². The number of hydrogen-bond donors (Lipinski definition) is 2. The predicted molar refractivity (Wildman–Crippen MR) is 120 cm³/mol. The Morgan fingerprint density at radius 2 is 1.55 bits per heavy atom. The zero-order valence-electron chi connectivity index (χ0n) is 17.9. The van der Waals surface area contributed by atoms with Crippen molar-refractivity contribution in [3.05, 3.63) is 82.2 Å². The molecule has 0 bridgehead atoms. The smallest absolute Gasteiger partial charge is 0.273 e. The summed E-state index contributed by atoms with van der Waals surface area (Å²) in [5.74, 6) is 0.272. The first-order valence-corrected chi connectivity index (χ1v) is 10.6. The van der Waals surface area contributed by atoms with Crippen LogP contribution in [0.5, 0.6) is 5.75 Å². The van der Waals surface area contributed by atoms with E-state index in [0.717, 1.165) is 27.7 Å². The van der Waals surface area contributed by atoms with Gasteiger partial charge in [0.15, 0.2) is 5.16 Å². The molecular weight excluding hydrogens is 412 g/mol. The van der Waals surface area contributed by atoms with E-state index >= 15 is 0 Å². The summed E-state index contributed by atoms with van der Waals surface area (Å²) in [4.78, 5) is 33.6. The van der Waals surface area contributed by atoms with E-state index in [1.807, 2.05) is 45.0 Å². The van der Waals surface area contributed by atoms with Gasteiger partial charge in [-0.1, -0.05) is 35.5 Å². The fourth-order valence-electron chi connectivity index (χ4n) is 2.91. The average Bonchev–Trinajstić information content (AvgIpc) is 2.75. The summed E-state index contributed by atoms with van der Waals surface area (Å²) >= 11 is 1.54. The lowest BCUT2D eigenvalue weighted by molar-refractivity contribution is 0.0845. The monoisotopic (exact) mass is 436 g/mol. The van der Waals surface area contributed by atoms with Gasteiger partial charge in [0.05, 0.1) is 12.7 Å². The van der Waals surface area contributed by atoms with Gasteiger partial charge in [0, 0.05) is 22.7 Å². The van der Waals surface area contributed by atoms with E-state index in [4.69, 9.17) is 4.74 Å². The van der Waals surface area contributed by atoms with Crippen LogP contribution in [0, 0.1) is 20.8 Å². The summed E-state index contributed by atoms with van der Waals surface area (Å²) in [6.45, 7) is 5.76. The minimum atomic E-state index is -0.449. The van der Waals surface area contributed by atoms with Gasteiger partial charge in [-0.2, -0.15) is 0 Å². The third-order valence-electron chi connectivity index (χ3n) is 4.43. The molecule has 0 aliphatic rings. The number of hydrogen-bond acceptors (Lipinski definition) is 6. The Labute approximate surface area is 185 Å². The van der Waals surface area contributed by atoms with E-state index in [2.05, 4.69) is 20.8 Å². The maximum Gasteiger partial charge on any atom is 0.273 e. The third-order valence-corrected chi connectivity index (χ3v) is 5.35. The number of thioether (sulfide) groups is 1. The van der Waals surface area contributed by atoms with Gasteiger partial charge in [-0.3, -0.25) is 20.4 Å². The van der Waals surface area contributed by atoms with Crippen LogP contribution < -0.4 is 15.6 Å². The number of rotatable bonds is 6. The molecular formula is C23H24N4O3S. The molecule has 0 radical (unpaired) electrons. The quantitative estimate of drug-likeness (QED) is 0.347. The van der Waals surface area contributed by atoms with Gasteiger partial charge < -0.3 is 4.74 Å². The van der Waals surface area contributed by atoms with Crippen LogP contribution in [0.4, 0.5) is 0 Å². The van der Waals surface area contributed by atoms with Crippen molar-refractivity contribution in [3.8, 4) is 5.75 Å². The molecule has 2 N–H and O–H groups in total. The van der Waals surface area contributed by atoms with Crippen molar-refractivity contribution < 1.29 is 14.3 Å². The van der Waals surface area contributed by atoms with Gasteiger partial charge in [0.25, 0.3) is 11.8 Å². The molecule has 1 heterocycles. The van der Waals surface area contributed by atoms with Crippen molar-refractivity contribution in [2.75, 3.05) is 7.11 Å². The van der Waals surface area contributed by atoms with Crippen LogP contribution in [0.1, 0.15) is 43.2 Å². The minimum Gasteiger partial charge on any atom is -0.496 e. The molecule has 0 fully saturated rings. The molecule has 31 heavy (non-hydrogen) atoms. The molecule has 0 saturated carbocycles. The highest BCUT2D eigenvalue weighted by Gasteiger charge is 2.14. The Bertz CT molecular complexity index is 1080. The Balaban J connectivity index is 1.56. The predicted octanol–water partition coefficient (Wildman–Crippen LogP) is 3.78. The van der Waals surface area contributed by atoms with Crippen LogP contribution in [-0.2, 0) is 5.75 Å². The number of ether oxygens (including phenoxy) is 1. The summed E-state index contributed by atoms with van der Waals surface area (Å²) in [6, 6.07) is 14.4. The molecule has 8 heteroatoms. The fourth-order valence-corrected chi connectivity index (χ4v) is 3.82. The third kappa shape index (κ3) is 6.05. The number of hydrazine groups is 1. The van der Waals surface area contributed by atoms with Crippen LogP contribution in [0.3, 0.4) is 0 Å². The van der Waals surface area contributed by atoms with Crippen LogP contribution in [0.2, 0.25) is 0 Å². The van der Waals surface area contributed by atoms with Gasteiger partial charge in [0.2, 0.25) is 0 Å². The first kappa shape index (κ1) is 22.3. The van der Waals surface area contributed by atoms with Crippen molar-refractivity contribution in [2.45, 2.75) is 31.7 Å². The fraction of sp³-hybridized carbons (Fsp3) is 0.217. The normalized spacial score (nSPS) is 10.5. The molecule has 0 aliphatic carbocycles. The van der Waals surface area contributed by atoms with E-state index in [9.17, 15) is 9.59 Å². The second-order valence-corrected chi connectivity index (χ2v) is 7.97. The maximum atomic E-state index is 12.4. The number of aryl methyl sites for hydroxylation is 3. The molecule has 7 nitrogen and oxygen atoms in total. The summed E-state index contributed by atoms with van der Waals surface area (Å²) in [5.41, 5.74) is 9.49. The number of carbonyl (C=O) groups is 2. The average molecular weight is 437 g/mol. The zero-order valence-corrected chi connectivity index (χ0v) is 18.7. The SMILES string of the molecule is COc1ccc(C)cc1C(=O)NNC(=O)c1ccc(CSc2nc(C)cc(C)n2)cc1. The second kappa shape index (κ2) is 10.1. The van der Waals surface area contributed by atoms with Gasteiger partial charge in [-0.25, -0.2) is 9.97 Å². The van der Waals surface area contributed by atoms with E-state index in [1.54, 1.807) is 36.0 Å². The molecule has 3 aromatic rings. The minimum absolute atomic E-state index is 0.351. The van der Waals surface area contributed by atoms with Crippen molar-refractivity contribution >= 4 is 23.6 Å². The van der Waals surface area contributed by atoms with Crippen molar-refractivity contribution in [1.82, 2.24) is 20.8 Å². The molecule has 1 aromatic heterocycles. The molecule has 2 amide bonds. The van der Waals surface area contributed by atoms with Gasteiger partial charge in [-0.15, -0.1) is 0 Å². The van der Waals surface area contributed by atoms with E-state index in [0.29, 0.717) is 22.6 Å². The largest absolute Gasteiger partial charge is 0.496 e. The molecule has 0 aliphatic heterocycles. The summed E-state index contributed by atoms with van der Waals surface area (Å²) in [5, 5.41) is 0.730. The highest BCUT2D eigenvalue weighted by Crippen LogP contribution is 2.21. The number of benzene rings is 2. The Hall–Kier alpha value is -3.39. The van der Waals surface area contributed by atoms with Crippen LogP contribution >= 0.6 is 11.8 Å². The molecule has 0 atom stereocenters. The lowest BCUT2D eigenvalue weighted by Crippen LogP contribution is -2.41. The standard InChI is InChI=1S/C23H24N4O3S/c1-14-5-10-20(30-4)19(11-14)22(29)27-26-21(28)18-8-6-17(7-9-18)13-31-23-24-15(2)12-16(3)25-23/h5-12H,13H2,1-4H3,(H,26,28)(H,27,29). The first-order chi connectivity index (χ1) is 14.9.